The third-order valence-corrected chi connectivity index (χ3v) is 19.4. The first-order valence-electron chi connectivity index (χ1n) is 40.7. The lowest BCUT2D eigenvalue weighted by molar-refractivity contribution is -0.119. The Morgan fingerprint density at radius 2 is 0.685 bits per heavy atom. The van der Waals surface area contributed by atoms with Crippen LogP contribution in [-0.2, 0) is 66.9 Å². The third-order valence-electron chi connectivity index (χ3n) is 19.4. The third kappa shape index (κ3) is 26.2. The zero-order valence-corrected chi connectivity index (χ0v) is 69.0. The van der Waals surface area contributed by atoms with Gasteiger partial charge in [0.25, 0.3) is 0 Å². The van der Waals surface area contributed by atoms with Crippen molar-refractivity contribution in [2.45, 2.75) is 73.3 Å². The number of ketones is 3. The minimum atomic E-state index is -0.0230. The van der Waals surface area contributed by atoms with Crippen molar-refractivity contribution in [1.29, 1.82) is 0 Å². The largest absolute Gasteiger partial charge is 0.489 e. The van der Waals surface area contributed by atoms with Crippen LogP contribution >= 0.6 is 0 Å². The van der Waals surface area contributed by atoms with Gasteiger partial charge in [-0.1, -0.05) is 218 Å². The maximum Gasteiger partial charge on any atom is 0.167 e. The summed E-state index contributed by atoms with van der Waals surface area (Å²) >= 11 is 0. The van der Waals surface area contributed by atoms with Crippen molar-refractivity contribution in [3.8, 4) is 46.0 Å². The number of hydrogen-bond acceptors (Lipinski definition) is 17. The summed E-state index contributed by atoms with van der Waals surface area (Å²) in [4.78, 5) is 56.5. The number of aromatic nitrogens is 7. The minimum absolute atomic E-state index is 0.0163. The quantitative estimate of drug-likeness (QED) is 0.0414. The zero-order chi connectivity index (χ0) is 85.3. The molecule has 124 heavy (non-hydrogen) atoms. The maximum absolute atomic E-state index is 11.5. The van der Waals surface area contributed by atoms with Gasteiger partial charge in [0.2, 0.25) is 0 Å². The lowest BCUT2D eigenvalue weighted by Crippen LogP contribution is -2.08. The number of para-hydroxylation sites is 5. The smallest absolute Gasteiger partial charge is 0.167 e. The van der Waals surface area contributed by atoms with Crippen molar-refractivity contribution < 1.29 is 52.3 Å². The van der Waals surface area contributed by atoms with Crippen molar-refractivity contribution >= 4 is 85.3 Å². The Bertz CT molecular complexity index is 6460. The minimum Gasteiger partial charge on any atom is -0.489 e. The Labute approximate surface area is 720 Å². The van der Waals surface area contributed by atoms with Gasteiger partial charge in [0.15, 0.2) is 11.6 Å². The molecule has 0 unspecified atom stereocenters. The van der Waals surface area contributed by atoms with E-state index in [1.54, 1.807) is 6.92 Å². The molecular weight excluding hydrogens is 1550 g/mol. The summed E-state index contributed by atoms with van der Waals surface area (Å²) in [5.74, 6) is 6.78. The molecule has 0 spiro atoms. The second kappa shape index (κ2) is 43.8. The van der Waals surface area contributed by atoms with Crippen LogP contribution in [-0.4, -0.2) is 65.7 Å². The molecule has 0 atom stereocenters. The van der Waals surface area contributed by atoms with E-state index in [1.165, 1.54) is 25.7 Å². The number of Topliss-reactive ketones (excluding diaryl/α,β-unsaturated/α-hetero) is 3. The molecule has 0 aliphatic rings. The number of nitrogens with zero attached hydrogens (tertiary/aromatic N) is 6. The number of H-pyrrole nitrogens is 1. The molecule has 0 aliphatic carbocycles. The number of rotatable bonds is 32. The fraction of sp³-hybridized carbons (Fsp3) is 0.123. The molecular formula is C106H91N7O11. The van der Waals surface area contributed by atoms with Gasteiger partial charge in [-0.05, 0) is 199 Å². The van der Waals surface area contributed by atoms with Gasteiger partial charge in [0.1, 0.15) is 117 Å². The van der Waals surface area contributed by atoms with E-state index in [0.29, 0.717) is 75.5 Å². The van der Waals surface area contributed by atoms with E-state index in [-0.39, 0.29) is 30.6 Å². The van der Waals surface area contributed by atoms with E-state index in [0.717, 1.165) is 134 Å². The second-order valence-corrected chi connectivity index (χ2v) is 29.1. The van der Waals surface area contributed by atoms with Crippen LogP contribution in [0.15, 0.2) is 346 Å². The summed E-state index contributed by atoms with van der Waals surface area (Å²) in [7, 11) is 0. The molecule has 0 fully saturated rings. The van der Waals surface area contributed by atoms with Gasteiger partial charge in [0.05, 0.1) is 44.8 Å². The molecule has 0 bridgehead atoms. The first-order chi connectivity index (χ1) is 60.8. The number of fused-ring (bicyclic) bond motifs is 4. The standard InChI is InChI=1S/C27H22N4O.C27H23NO2.2C26H23NO4/c1-2-7-23(22(6-1)17-27-28-19-29-31-27)18-32-25-15-10-20(11-16-25)9-13-24-14-12-21-5-3-4-8-26(21)30-24;1-20(29)18-23-7-2-3-8-24(23)19-30-26-16-11-21(12-17-26)10-14-25-15-13-22-6-4-5-9-27(22)28-25;1-19(28)16-31-26-9-5-3-7-21(26)17-29-23-12-14-24(15-13-23)30-18-22-11-10-20-6-2-4-8-25(20)27-22;1-19(28)16-29-23-8-4-6-20(14-23)17-30-24-9-5-10-25(15-24)31-18-22-13-12-21-7-2-3-11-26(21)27-22/h1-16,19H,17-18H2,(H,28,29,31);2-17H,18-19H2,1H3;2*2-15H,16-18H2,1H3/b13-9+;14-10+;;. The number of ether oxygens (including phenoxy) is 8. The van der Waals surface area contributed by atoms with Crippen molar-refractivity contribution in [2.75, 3.05) is 13.2 Å². The number of pyridine rings is 4. The lowest BCUT2D eigenvalue weighted by atomic mass is 10.0. The van der Waals surface area contributed by atoms with Crippen LogP contribution < -0.4 is 37.9 Å². The SMILES string of the molecule is C(=C\c1ccc2ccccc2n1)/c1ccc(OCc2ccccc2Cc2ncn[nH]2)cc1.CC(=O)COc1cccc(COc2cccc(OCc3ccc4ccccc4n3)c2)c1.CC(=O)COc1ccccc1COc1ccc(OCc2ccc3ccccc3n2)cc1.CC(=O)Cc1ccccc1COc1ccc(/C=C/c2ccc3ccccc3n2)cc1. The Kier molecular flexibility index (Phi) is 30.0. The number of carbonyl (C=O) groups is 3. The fourth-order valence-electron chi connectivity index (χ4n) is 13.0. The van der Waals surface area contributed by atoms with Crippen LogP contribution in [0.25, 0.3) is 67.9 Å². The Morgan fingerprint density at radius 1 is 0.298 bits per heavy atom. The molecule has 1 N–H and O–H groups in total. The Balaban J connectivity index is 0.000000135. The summed E-state index contributed by atoms with van der Waals surface area (Å²) in [6.45, 7) is 7.16. The summed E-state index contributed by atoms with van der Waals surface area (Å²) in [6, 6.07) is 111. The van der Waals surface area contributed by atoms with Crippen molar-refractivity contribution in [3.63, 3.8) is 0 Å². The lowest BCUT2D eigenvalue weighted by Gasteiger charge is -2.12. The zero-order valence-electron chi connectivity index (χ0n) is 69.0. The summed E-state index contributed by atoms with van der Waals surface area (Å²) in [5.41, 5.74) is 15.9. The van der Waals surface area contributed by atoms with Crippen LogP contribution in [0.4, 0.5) is 0 Å². The average molecular weight is 1640 g/mol. The average Bonchev–Trinajstić information content (AvgIpc) is 0.999. The first-order valence-corrected chi connectivity index (χ1v) is 40.7. The summed E-state index contributed by atoms with van der Waals surface area (Å²) in [5, 5.41) is 11.3. The maximum atomic E-state index is 11.5. The molecule has 17 aromatic rings. The molecule has 616 valence electrons. The highest BCUT2D eigenvalue weighted by molar-refractivity contribution is 5.84. The van der Waals surface area contributed by atoms with Crippen molar-refractivity contribution in [1.82, 2.24) is 35.1 Å². The molecule has 0 aliphatic heterocycles. The van der Waals surface area contributed by atoms with Gasteiger partial charge in [-0.2, -0.15) is 5.10 Å². The second-order valence-electron chi connectivity index (χ2n) is 29.1. The number of benzene rings is 12. The molecule has 17 rings (SSSR count). The molecule has 0 saturated heterocycles. The van der Waals surface area contributed by atoms with Gasteiger partial charge in [-0.3, -0.25) is 19.5 Å². The van der Waals surface area contributed by atoms with E-state index < -0.39 is 0 Å². The summed E-state index contributed by atoms with van der Waals surface area (Å²) < 4.78 is 46.5. The highest BCUT2D eigenvalue weighted by Gasteiger charge is 2.13. The van der Waals surface area contributed by atoms with E-state index in [2.05, 4.69) is 89.7 Å². The van der Waals surface area contributed by atoms with Gasteiger partial charge in [0, 0.05) is 46.0 Å². The van der Waals surface area contributed by atoms with Crippen molar-refractivity contribution in [3.05, 3.63) is 419 Å². The predicted octanol–water partition coefficient (Wildman–Crippen LogP) is 22.5. The van der Waals surface area contributed by atoms with Crippen LogP contribution in [0, 0.1) is 0 Å². The van der Waals surface area contributed by atoms with Crippen LogP contribution in [0.2, 0.25) is 0 Å². The molecule has 0 radical (unpaired) electrons. The van der Waals surface area contributed by atoms with Crippen molar-refractivity contribution in [2.24, 2.45) is 0 Å². The predicted molar refractivity (Wildman–Crippen MR) is 488 cm³/mol. The van der Waals surface area contributed by atoms with E-state index in [4.69, 9.17) is 37.9 Å². The molecule has 0 saturated carbocycles. The van der Waals surface area contributed by atoms with E-state index in [9.17, 15) is 14.4 Å². The summed E-state index contributed by atoms with van der Waals surface area (Å²) in [6.07, 6.45) is 10.8. The fourth-order valence-corrected chi connectivity index (χ4v) is 13.0. The molecule has 5 aromatic heterocycles. The monoisotopic (exact) mass is 1640 g/mol. The van der Waals surface area contributed by atoms with Gasteiger partial charge in [-0.15, -0.1) is 0 Å². The Hall–Kier alpha value is -15.7. The molecule has 0 amide bonds. The topological polar surface area (TPSA) is 218 Å². The first kappa shape index (κ1) is 84.8. The van der Waals surface area contributed by atoms with Crippen LogP contribution in [0.5, 0.6) is 46.0 Å². The molecule has 18 heteroatoms. The number of carbonyl (C=O) groups excluding carboxylic acids is 3. The van der Waals surface area contributed by atoms with Gasteiger partial charge in [-0.25, -0.2) is 24.9 Å². The van der Waals surface area contributed by atoms with Crippen LogP contribution in [0.3, 0.4) is 0 Å². The molecule has 5 heterocycles. The van der Waals surface area contributed by atoms with E-state index >= 15 is 0 Å². The van der Waals surface area contributed by atoms with Gasteiger partial charge < -0.3 is 37.9 Å². The number of hydrogen-bond donors (Lipinski definition) is 1. The molecule has 12 aromatic carbocycles. The highest BCUT2D eigenvalue weighted by Crippen LogP contribution is 2.28. The van der Waals surface area contributed by atoms with Gasteiger partial charge >= 0.3 is 0 Å². The van der Waals surface area contributed by atoms with E-state index in [1.807, 2.05) is 309 Å². The highest BCUT2D eigenvalue weighted by atomic mass is 16.5. The molecule has 18 nitrogen and oxygen atoms in total. The van der Waals surface area contributed by atoms with Crippen LogP contribution in [0.1, 0.15) is 93.9 Å². The normalized spacial score (nSPS) is 10.9. The number of aromatic amines is 1. The Morgan fingerprint density at radius 3 is 1.18 bits per heavy atom. The number of nitrogens with one attached hydrogen (secondary N) is 1.